The van der Waals surface area contributed by atoms with Crippen LogP contribution in [0.2, 0.25) is 0 Å². The maximum atomic E-state index is 12.8. The summed E-state index contributed by atoms with van der Waals surface area (Å²) < 4.78 is 6.42. The van der Waals surface area contributed by atoms with Gasteiger partial charge in [-0.3, -0.25) is 9.59 Å². The second-order valence-corrected chi connectivity index (χ2v) is 12.7. The highest BCUT2D eigenvalue weighted by Crippen LogP contribution is 2.42. The van der Waals surface area contributed by atoms with Crippen LogP contribution in [0.1, 0.15) is 120 Å². The van der Waals surface area contributed by atoms with Crippen molar-refractivity contribution in [1.29, 1.82) is 0 Å². The number of ether oxygens (including phenoxy) is 1. The Bertz CT molecular complexity index is 1150. The Morgan fingerprint density at radius 1 is 0.923 bits per heavy atom. The van der Waals surface area contributed by atoms with Crippen molar-refractivity contribution >= 4 is 11.6 Å². The minimum Gasteiger partial charge on any atom is -0.490 e. The molecule has 3 aliphatic carbocycles. The SMILES string of the molecule is CC(C)c1ccccc1-c1cc(C(=O)C2CCC2)ccc1OC1CCCC1.CCC(=O)C1CNC2(CCC2)C1. The first kappa shape index (κ1) is 28.1. The Balaban J connectivity index is 0.000000214. The normalized spacial score (nSPS) is 22.2. The Kier molecular flexibility index (Phi) is 8.91. The van der Waals surface area contributed by atoms with Crippen LogP contribution in [0.25, 0.3) is 11.1 Å². The number of benzene rings is 2. The number of carbonyl (C=O) groups is 2. The van der Waals surface area contributed by atoms with Crippen LogP contribution >= 0.6 is 0 Å². The van der Waals surface area contributed by atoms with Crippen LogP contribution in [-0.2, 0) is 4.79 Å². The molecule has 1 spiro atoms. The first-order valence-electron chi connectivity index (χ1n) is 15.6. The van der Waals surface area contributed by atoms with Crippen molar-refractivity contribution in [3.8, 4) is 16.9 Å². The summed E-state index contributed by atoms with van der Waals surface area (Å²) in [6, 6.07) is 14.7. The molecule has 1 saturated heterocycles. The summed E-state index contributed by atoms with van der Waals surface area (Å²) in [5.74, 6) is 2.66. The summed E-state index contributed by atoms with van der Waals surface area (Å²) in [5.41, 5.74) is 4.82. The fourth-order valence-electron chi connectivity index (χ4n) is 6.79. The molecule has 2 aromatic rings. The van der Waals surface area contributed by atoms with Gasteiger partial charge in [0.05, 0.1) is 6.10 Å². The summed E-state index contributed by atoms with van der Waals surface area (Å²) in [4.78, 5) is 24.2. The van der Waals surface area contributed by atoms with E-state index in [2.05, 4.69) is 49.5 Å². The molecule has 4 nitrogen and oxygen atoms in total. The second-order valence-electron chi connectivity index (χ2n) is 12.7. The number of hydrogen-bond donors (Lipinski definition) is 1. The molecule has 1 atom stereocenters. The zero-order valence-electron chi connectivity index (χ0n) is 24.3. The fraction of sp³-hybridized carbons (Fsp3) is 0.600. The molecule has 6 rings (SSSR count). The van der Waals surface area contributed by atoms with Crippen LogP contribution in [-0.4, -0.2) is 29.8 Å². The van der Waals surface area contributed by atoms with E-state index in [-0.39, 0.29) is 5.92 Å². The monoisotopic (exact) mass is 529 g/mol. The van der Waals surface area contributed by atoms with Crippen molar-refractivity contribution in [3.05, 3.63) is 53.6 Å². The molecule has 4 fully saturated rings. The van der Waals surface area contributed by atoms with Crippen LogP contribution in [0.15, 0.2) is 42.5 Å². The molecular formula is C35H47NO3. The van der Waals surface area contributed by atoms with Gasteiger partial charge in [-0.15, -0.1) is 0 Å². The summed E-state index contributed by atoms with van der Waals surface area (Å²) in [6.45, 7) is 7.35. The standard InChI is InChI=1S/C25H30O2.C10H17NO/c1-17(2)21-12-5-6-13-22(21)23-16-19(25(26)18-8-7-9-18)14-15-24(23)27-20-10-3-4-11-20;1-2-9(12)8-6-10(11-7-8)4-3-5-10/h5-6,12-18,20H,3-4,7-11H2,1-2H3;8,11H,2-7H2,1H3. The minimum absolute atomic E-state index is 0.222. The highest BCUT2D eigenvalue weighted by Gasteiger charge is 2.44. The Morgan fingerprint density at radius 3 is 2.26 bits per heavy atom. The van der Waals surface area contributed by atoms with E-state index in [0.29, 0.717) is 41.5 Å². The van der Waals surface area contributed by atoms with E-state index in [4.69, 9.17) is 4.74 Å². The molecule has 1 heterocycles. The molecule has 0 bridgehead atoms. The third kappa shape index (κ3) is 6.32. The number of Topliss-reactive ketones (excluding diaryl/α,β-unsaturated/α-hetero) is 2. The molecule has 4 heteroatoms. The predicted octanol–water partition coefficient (Wildman–Crippen LogP) is 8.28. The van der Waals surface area contributed by atoms with Crippen molar-refractivity contribution in [3.63, 3.8) is 0 Å². The van der Waals surface area contributed by atoms with Crippen LogP contribution in [0.5, 0.6) is 5.75 Å². The van der Waals surface area contributed by atoms with Crippen molar-refractivity contribution in [2.75, 3.05) is 6.54 Å². The lowest BCUT2D eigenvalue weighted by Gasteiger charge is -2.38. The molecule has 39 heavy (non-hydrogen) atoms. The molecule has 210 valence electrons. The lowest BCUT2D eigenvalue weighted by atomic mass is 9.74. The third-order valence-electron chi connectivity index (χ3n) is 9.68. The maximum absolute atomic E-state index is 12.8. The molecule has 1 aliphatic heterocycles. The zero-order valence-corrected chi connectivity index (χ0v) is 24.3. The van der Waals surface area contributed by atoms with Crippen molar-refractivity contribution < 1.29 is 14.3 Å². The van der Waals surface area contributed by atoms with Gasteiger partial charge in [-0.05, 0) is 99.5 Å². The van der Waals surface area contributed by atoms with Gasteiger partial charge in [0, 0.05) is 41.5 Å². The molecule has 1 N–H and O–H groups in total. The number of carbonyl (C=O) groups excluding carboxylic acids is 2. The van der Waals surface area contributed by atoms with Crippen molar-refractivity contribution in [2.45, 2.75) is 115 Å². The van der Waals surface area contributed by atoms with Crippen molar-refractivity contribution in [2.24, 2.45) is 11.8 Å². The van der Waals surface area contributed by atoms with Gasteiger partial charge in [0.1, 0.15) is 11.5 Å². The number of nitrogens with one attached hydrogen (secondary N) is 1. The van der Waals surface area contributed by atoms with Gasteiger partial charge >= 0.3 is 0 Å². The average Bonchev–Trinajstić information content (AvgIpc) is 3.58. The van der Waals surface area contributed by atoms with Gasteiger partial charge in [0.2, 0.25) is 0 Å². The average molecular weight is 530 g/mol. The van der Waals surface area contributed by atoms with Gasteiger partial charge in [-0.2, -0.15) is 0 Å². The molecule has 0 amide bonds. The number of ketones is 2. The van der Waals surface area contributed by atoms with E-state index in [9.17, 15) is 9.59 Å². The summed E-state index contributed by atoms with van der Waals surface area (Å²) in [5, 5.41) is 3.51. The van der Waals surface area contributed by atoms with Crippen LogP contribution < -0.4 is 10.1 Å². The van der Waals surface area contributed by atoms with Gasteiger partial charge in [0.15, 0.2) is 5.78 Å². The summed E-state index contributed by atoms with van der Waals surface area (Å²) >= 11 is 0. The van der Waals surface area contributed by atoms with Gasteiger partial charge in [-0.25, -0.2) is 0 Å². The Labute approximate surface area is 235 Å². The molecule has 3 saturated carbocycles. The van der Waals surface area contributed by atoms with E-state index in [1.54, 1.807) is 0 Å². The zero-order chi connectivity index (χ0) is 27.4. The highest BCUT2D eigenvalue weighted by molar-refractivity contribution is 6.00. The van der Waals surface area contributed by atoms with Crippen LogP contribution in [0.4, 0.5) is 0 Å². The third-order valence-corrected chi connectivity index (χ3v) is 9.68. The lowest BCUT2D eigenvalue weighted by Crippen LogP contribution is -2.45. The molecule has 1 unspecified atom stereocenters. The summed E-state index contributed by atoms with van der Waals surface area (Å²) in [7, 11) is 0. The lowest BCUT2D eigenvalue weighted by molar-refractivity contribution is -0.122. The Hall–Kier alpha value is -2.46. The van der Waals surface area contributed by atoms with Crippen LogP contribution in [0, 0.1) is 11.8 Å². The molecular weight excluding hydrogens is 482 g/mol. The predicted molar refractivity (Wildman–Crippen MR) is 159 cm³/mol. The first-order chi connectivity index (χ1) is 18.9. The van der Waals surface area contributed by atoms with Crippen molar-refractivity contribution in [1.82, 2.24) is 5.32 Å². The number of rotatable bonds is 8. The highest BCUT2D eigenvalue weighted by atomic mass is 16.5. The molecule has 0 radical (unpaired) electrons. The minimum atomic E-state index is 0.222. The fourth-order valence-corrected chi connectivity index (χ4v) is 6.79. The van der Waals surface area contributed by atoms with E-state index in [1.165, 1.54) is 49.7 Å². The van der Waals surface area contributed by atoms with E-state index < -0.39 is 0 Å². The Morgan fingerprint density at radius 2 is 1.67 bits per heavy atom. The quantitative estimate of drug-likeness (QED) is 0.350. The maximum Gasteiger partial charge on any atom is 0.165 e. The van der Waals surface area contributed by atoms with Gasteiger partial charge in [0.25, 0.3) is 0 Å². The van der Waals surface area contributed by atoms with Gasteiger partial charge < -0.3 is 10.1 Å². The molecule has 4 aliphatic rings. The van der Waals surface area contributed by atoms with Gasteiger partial charge in [-0.1, -0.05) is 51.5 Å². The van der Waals surface area contributed by atoms with E-state index in [0.717, 1.165) is 55.5 Å². The second kappa shape index (κ2) is 12.4. The topological polar surface area (TPSA) is 55.4 Å². The molecule has 2 aromatic carbocycles. The molecule has 0 aromatic heterocycles. The smallest absolute Gasteiger partial charge is 0.165 e. The number of hydrogen-bond acceptors (Lipinski definition) is 4. The van der Waals surface area contributed by atoms with E-state index >= 15 is 0 Å². The van der Waals surface area contributed by atoms with Crippen LogP contribution in [0.3, 0.4) is 0 Å². The van der Waals surface area contributed by atoms with E-state index in [1.807, 2.05) is 19.1 Å². The summed E-state index contributed by atoms with van der Waals surface area (Å²) in [6.07, 6.45) is 14.1. The largest absolute Gasteiger partial charge is 0.490 e. The first-order valence-corrected chi connectivity index (χ1v) is 15.6.